The van der Waals surface area contributed by atoms with Gasteiger partial charge >= 0.3 is 0 Å². The lowest BCUT2D eigenvalue weighted by Gasteiger charge is -2.26. The molecule has 0 radical (unpaired) electrons. The molecular weight excluding hydrogens is 284 g/mol. The largest absolute Gasteiger partial charge is 0.335 e. The van der Waals surface area contributed by atoms with E-state index in [4.69, 9.17) is 18.6 Å². The number of nitrogens with zero attached hydrogens (tertiary/aromatic N) is 1. The number of hydrogen-bond donors (Lipinski definition) is 1. The van der Waals surface area contributed by atoms with Crippen LogP contribution in [0, 0.1) is 10.2 Å². The van der Waals surface area contributed by atoms with Gasteiger partial charge in [0.05, 0.1) is 0 Å². The Hall–Kier alpha value is -1.67. The number of fused-ring (bicyclic) bond motifs is 2. The van der Waals surface area contributed by atoms with E-state index in [0.717, 1.165) is 0 Å². The van der Waals surface area contributed by atoms with Crippen LogP contribution in [0.5, 0.6) is 0 Å². The summed E-state index contributed by atoms with van der Waals surface area (Å²) in [5, 5.41) is 2.24. The van der Waals surface area contributed by atoms with Crippen LogP contribution in [0.15, 0.2) is 48.5 Å². The zero-order chi connectivity index (χ0) is 14.8. The maximum absolute atomic E-state index is 8.49. The molecular formula is C13H13ClN2O4. The highest BCUT2D eigenvalue weighted by Gasteiger charge is 2.22. The van der Waals surface area contributed by atoms with Crippen LogP contribution in [0.25, 0.3) is 0 Å². The van der Waals surface area contributed by atoms with Gasteiger partial charge in [-0.1, -0.05) is 24.3 Å². The van der Waals surface area contributed by atoms with Crippen molar-refractivity contribution in [2.45, 2.75) is 0 Å². The maximum Gasteiger partial charge on any atom is 0.158 e. The Labute approximate surface area is 118 Å². The first-order valence-corrected chi connectivity index (χ1v) is 6.98. The van der Waals surface area contributed by atoms with Gasteiger partial charge in [0, 0.05) is 19.2 Å². The fourth-order valence-electron chi connectivity index (χ4n) is 2.13. The van der Waals surface area contributed by atoms with Crippen LogP contribution in [0.1, 0.15) is 0 Å². The molecule has 6 nitrogen and oxygen atoms in total. The van der Waals surface area contributed by atoms with Crippen molar-refractivity contribution < 1.29 is 34.2 Å². The van der Waals surface area contributed by atoms with E-state index in [1.807, 2.05) is 0 Å². The van der Waals surface area contributed by atoms with E-state index < -0.39 is 10.2 Å². The fraction of sp³-hybridized carbons (Fsp3) is 0.0769. The lowest BCUT2D eigenvalue weighted by Crippen LogP contribution is -2.73. The molecule has 20 heavy (non-hydrogen) atoms. The van der Waals surface area contributed by atoms with E-state index >= 15 is 0 Å². The molecule has 1 aliphatic rings. The first-order chi connectivity index (χ1) is 9.36. The monoisotopic (exact) mass is 296 g/mol. The number of quaternary nitrogens is 1. The Morgan fingerprint density at radius 3 is 1.55 bits per heavy atom. The van der Waals surface area contributed by atoms with Crippen molar-refractivity contribution >= 4 is 22.7 Å². The van der Waals surface area contributed by atoms with Crippen molar-refractivity contribution in [3.05, 3.63) is 48.5 Å². The van der Waals surface area contributed by atoms with Gasteiger partial charge in [-0.3, -0.25) is 5.32 Å². The van der Waals surface area contributed by atoms with Crippen molar-refractivity contribution in [2.24, 2.45) is 0 Å². The summed E-state index contributed by atoms with van der Waals surface area (Å²) in [7, 11) is -2.83. The van der Waals surface area contributed by atoms with Crippen molar-refractivity contribution in [3.8, 4) is 0 Å². The normalized spacial score (nSPS) is 12.9. The molecule has 2 N–H and O–H groups in total. The minimum Gasteiger partial charge on any atom is -0.335 e. The summed E-state index contributed by atoms with van der Waals surface area (Å²) in [5.74, 6) is 0. The first-order valence-electron chi connectivity index (χ1n) is 5.74. The van der Waals surface area contributed by atoms with E-state index in [-0.39, 0.29) is 0 Å². The van der Waals surface area contributed by atoms with Crippen LogP contribution in [0.3, 0.4) is 0 Å². The molecule has 106 valence electrons. The number of nitrogens with two attached hydrogens (primary N) is 1. The number of benzene rings is 2. The second kappa shape index (κ2) is 5.76. The minimum absolute atomic E-state index is 1.27. The highest BCUT2D eigenvalue weighted by atomic mass is 35.7. The minimum atomic E-state index is -4.94. The molecule has 0 aromatic heterocycles. The molecule has 0 fully saturated rings. The summed E-state index contributed by atoms with van der Waals surface area (Å²) < 4.78 is 34.0. The van der Waals surface area contributed by atoms with Gasteiger partial charge in [-0.2, -0.15) is 0 Å². The topological polar surface area (TPSA) is 112 Å². The van der Waals surface area contributed by atoms with Gasteiger partial charge in [-0.25, -0.2) is 18.6 Å². The van der Waals surface area contributed by atoms with Crippen LogP contribution >= 0.6 is 0 Å². The van der Waals surface area contributed by atoms with E-state index in [2.05, 4.69) is 65.8 Å². The van der Waals surface area contributed by atoms with E-state index in [1.54, 1.807) is 0 Å². The highest BCUT2D eigenvalue weighted by molar-refractivity contribution is 5.80. The summed E-state index contributed by atoms with van der Waals surface area (Å²) >= 11 is 0. The third kappa shape index (κ3) is 3.67. The zero-order valence-corrected chi connectivity index (χ0v) is 11.4. The van der Waals surface area contributed by atoms with Gasteiger partial charge in [0.15, 0.2) is 11.4 Å². The van der Waals surface area contributed by atoms with Gasteiger partial charge in [-0.05, 0) is 12.1 Å². The van der Waals surface area contributed by atoms with Gasteiger partial charge in [-0.15, -0.1) is 10.2 Å². The Bertz CT molecular complexity index is 549. The van der Waals surface area contributed by atoms with E-state index in [9.17, 15) is 0 Å². The molecule has 0 atom stereocenters. The third-order valence-electron chi connectivity index (χ3n) is 2.91. The maximum atomic E-state index is 8.49. The molecule has 0 spiro atoms. The van der Waals surface area contributed by atoms with Crippen LogP contribution in [-0.4, -0.2) is 7.05 Å². The molecule has 0 aliphatic carbocycles. The van der Waals surface area contributed by atoms with Gasteiger partial charge in [0.2, 0.25) is 0 Å². The Morgan fingerprint density at radius 2 is 1.15 bits per heavy atom. The molecule has 1 aliphatic heterocycles. The average Bonchev–Trinajstić information content (AvgIpc) is 2.37. The third-order valence-corrected chi connectivity index (χ3v) is 2.91. The molecule has 0 unspecified atom stereocenters. The van der Waals surface area contributed by atoms with Gasteiger partial charge in [0.1, 0.15) is 11.4 Å². The number of hydrogen-bond acceptors (Lipinski definition) is 5. The molecule has 0 bridgehead atoms. The molecule has 0 saturated heterocycles. The van der Waals surface area contributed by atoms with Crippen LogP contribution in [0.4, 0.5) is 22.7 Å². The van der Waals surface area contributed by atoms with E-state index in [1.165, 1.54) is 22.7 Å². The molecule has 0 amide bonds. The molecule has 2 aromatic rings. The van der Waals surface area contributed by atoms with Crippen molar-refractivity contribution in [1.29, 1.82) is 0 Å². The predicted molar refractivity (Wildman–Crippen MR) is 62.2 cm³/mol. The smallest absolute Gasteiger partial charge is 0.158 e. The number of rotatable bonds is 0. The van der Waals surface area contributed by atoms with E-state index in [0.29, 0.717) is 0 Å². The molecule has 0 saturated carbocycles. The Morgan fingerprint density at radius 1 is 0.800 bits per heavy atom. The van der Waals surface area contributed by atoms with Crippen LogP contribution < -0.4 is 28.9 Å². The second-order valence-electron chi connectivity index (χ2n) is 4.20. The lowest BCUT2D eigenvalue weighted by atomic mass is 10.1. The zero-order valence-electron chi connectivity index (χ0n) is 10.7. The van der Waals surface area contributed by atoms with Gasteiger partial charge < -0.3 is 4.90 Å². The number of para-hydroxylation sites is 4. The SMILES string of the molecule is CN1c2ccccc2[NH2+]c2ccccc21.[O-][Cl+3]([O-])([O-])[O-]. The quantitative estimate of drug-likeness (QED) is 0.542. The van der Waals surface area contributed by atoms with Crippen molar-refractivity contribution in [1.82, 2.24) is 0 Å². The summed E-state index contributed by atoms with van der Waals surface area (Å²) in [6.45, 7) is 0. The standard InChI is InChI=1S/C13H12N2.ClHO4/c1-15-12-8-4-2-6-10(12)14-11-7-3-5-9-13(11)15;2-1(3,4)5/h2-9,14H,1H3;(H,2,3,4,5). The van der Waals surface area contributed by atoms with Gasteiger partial charge in [0.25, 0.3) is 0 Å². The molecule has 7 heteroatoms. The lowest BCUT2D eigenvalue weighted by molar-refractivity contribution is -2.00. The summed E-state index contributed by atoms with van der Waals surface area (Å²) in [6.07, 6.45) is 0. The number of halogens is 1. The van der Waals surface area contributed by atoms with Crippen molar-refractivity contribution in [2.75, 3.05) is 11.9 Å². The molecule has 2 aromatic carbocycles. The van der Waals surface area contributed by atoms with Crippen LogP contribution in [-0.2, 0) is 0 Å². The summed E-state index contributed by atoms with van der Waals surface area (Å²) in [6, 6.07) is 16.9. The Balaban J connectivity index is 0.000000257. The Kier molecular flexibility index (Phi) is 4.24. The highest BCUT2D eigenvalue weighted by Crippen LogP contribution is 2.35. The number of anilines is 2. The molecule has 1 heterocycles. The van der Waals surface area contributed by atoms with Crippen molar-refractivity contribution in [3.63, 3.8) is 0 Å². The fourth-order valence-corrected chi connectivity index (χ4v) is 2.13. The summed E-state index contributed by atoms with van der Waals surface area (Å²) in [5.41, 5.74) is 5.13. The van der Waals surface area contributed by atoms with Crippen LogP contribution in [0.2, 0.25) is 0 Å². The summed E-state index contributed by atoms with van der Waals surface area (Å²) in [4.78, 5) is 2.24. The predicted octanol–water partition coefficient (Wildman–Crippen LogP) is -2.46. The first kappa shape index (κ1) is 14.7. The second-order valence-corrected chi connectivity index (χ2v) is 4.95. The average molecular weight is 297 g/mol. The molecule has 3 rings (SSSR count).